The predicted molar refractivity (Wildman–Crippen MR) is 55.0 cm³/mol. The summed E-state index contributed by atoms with van der Waals surface area (Å²) in [6.07, 6.45) is 2.97. The summed E-state index contributed by atoms with van der Waals surface area (Å²) < 4.78 is 17.5. The number of nitrogens with one attached hydrogen (secondary N) is 1. The second-order valence-electron chi connectivity index (χ2n) is 3.83. The summed E-state index contributed by atoms with van der Waals surface area (Å²) in [7, 11) is 0. The Hall–Kier alpha value is -0.190. The van der Waals surface area contributed by atoms with E-state index >= 15 is 0 Å². The number of hydrogen-bond acceptors (Lipinski definition) is 3. The molecular formula is C10H21FN2O. The Bertz CT molecular complexity index is 121. The minimum atomic E-state index is -0.719. The Kier molecular flexibility index (Phi) is 6.07. The van der Waals surface area contributed by atoms with E-state index < -0.39 is 6.17 Å². The number of hydrogen-bond donors (Lipinski definition) is 2. The van der Waals surface area contributed by atoms with E-state index in [1.807, 2.05) is 0 Å². The van der Waals surface area contributed by atoms with Gasteiger partial charge in [-0.15, -0.1) is 0 Å². The molecule has 0 bridgehead atoms. The van der Waals surface area contributed by atoms with Crippen LogP contribution in [0.1, 0.15) is 25.7 Å². The van der Waals surface area contributed by atoms with Crippen molar-refractivity contribution in [1.29, 1.82) is 0 Å². The first-order valence-corrected chi connectivity index (χ1v) is 5.49. The molecule has 1 saturated carbocycles. The molecule has 4 heteroatoms. The van der Waals surface area contributed by atoms with Crippen molar-refractivity contribution in [3.05, 3.63) is 0 Å². The van der Waals surface area contributed by atoms with Crippen LogP contribution in [0.15, 0.2) is 0 Å². The van der Waals surface area contributed by atoms with Gasteiger partial charge in [-0.25, -0.2) is 4.39 Å². The molecule has 1 unspecified atom stereocenters. The van der Waals surface area contributed by atoms with Crippen LogP contribution < -0.4 is 11.1 Å². The smallest absolute Gasteiger partial charge is 0.115 e. The maximum atomic E-state index is 12.5. The summed E-state index contributed by atoms with van der Waals surface area (Å²) in [6.45, 7) is 3.83. The van der Waals surface area contributed by atoms with Gasteiger partial charge in [-0.05, 0) is 12.8 Å². The maximum Gasteiger partial charge on any atom is 0.115 e. The van der Waals surface area contributed by atoms with Crippen LogP contribution in [0.3, 0.4) is 0 Å². The fraction of sp³-hybridized carbons (Fsp3) is 1.00. The van der Waals surface area contributed by atoms with Gasteiger partial charge in [-0.2, -0.15) is 0 Å². The van der Waals surface area contributed by atoms with Gasteiger partial charge < -0.3 is 15.8 Å². The molecule has 2 rings (SSSR count). The molecule has 0 spiro atoms. The molecule has 2 aliphatic rings. The normalized spacial score (nSPS) is 33.0. The fourth-order valence-electron chi connectivity index (χ4n) is 1.63. The van der Waals surface area contributed by atoms with Gasteiger partial charge in [0.05, 0.1) is 13.2 Å². The summed E-state index contributed by atoms with van der Waals surface area (Å²) in [5, 5.41) is 3.16. The molecule has 1 saturated heterocycles. The number of nitrogens with two attached hydrogens (primary N) is 1. The quantitative estimate of drug-likeness (QED) is 0.614. The Morgan fingerprint density at radius 2 is 1.79 bits per heavy atom. The van der Waals surface area contributed by atoms with Gasteiger partial charge in [-0.3, -0.25) is 0 Å². The maximum absolute atomic E-state index is 12.5. The van der Waals surface area contributed by atoms with Crippen LogP contribution in [0.25, 0.3) is 0 Å². The molecule has 0 aromatic rings. The number of ether oxygens (including phenoxy) is 1. The van der Waals surface area contributed by atoms with Gasteiger partial charge in [-0.1, -0.05) is 12.8 Å². The third-order valence-corrected chi connectivity index (χ3v) is 2.58. The molecular weight excluding hydrogens is 183 g/mol. The lowest BCUT2D eigenvalue weighted by molar-refractivity contribution is 0.109. The van der Waals surface area contributed by atoms with Crippen molar-refractivity contribution in [3.8, 4) is 0 Å². The molecule has 0 amide bonds. The summed E-state index contributed by atoms with van der Waals surface area (Å²) >= 11 is 0. The van der Waals surface area contributed by atoms with E-state index in [0.717, 1.165) is 45.6 Å². The number of rotatable bonds is 0. The third kappa shape index (κ3) is 4.88. The Morgan fingerprint density at radius 1 is 1.14 bits per heavy atom. The Morgan fingerprint density at radius 3 is 2.07 bits per heavy atom. The SMILES string of the molecule is C1COCCN1.NC1CCCC[C@@H]1F. The fourth-order valence-corrected chi connectivity index (χ4v) is 1.63. The van der Waals surface area contributed by atoms with Crippen molar-refractivity contribution in [1.82, 2.24) is 5.32 Å². The van der Waals surface area contributed by atoms with Gasteiger partial charge in [0.25, 0.3) is 0 Å². The van der Waals surface area contributed by atoms with Crippen LogP contribution >= 0.6 is 0 Å². The zero-order valence-electron chi connectivity index (χ0n) is 8.68. The van der Waals surface area contributed by atoms with Gasteiger partial charge in [0.2, 0.25) is 0 Å². The average molecular weight is 204 g/mol. The number of morpholine rings is 1. The first-order chi connectivity index (χ1) is 6.80. The molecule has 3 nitrogen and oxygen atoms in total. The highest BCUT2D eigenvalue weighted by molar-refractivity contribution is 4.76. The molecule has 3 N–H and O–H groups in total. The Labute approximate surface area is 85.2 Å². The van der Waals surface area contributed by atoms with Crippen LogP contribution in [0.4, 0.5) is 4.39 Å². The van der Waals surface area contributed by atoms with Gasteiger partial charge in [0.1, 0.15) is 6.17 Å². The van der Waals surface area contributed by atoms with Crippen molar-refractivity contribution in [2.75, 3.05) is 26.3 Å². The molecule has 84 valence electrons. The minimum absolute atomic E-state index is 0.163. The first-order valence-electron chi connectivity index (χ1n) is 5.49. The zero-order valence-corrected chi connectivity index (χ0v) is 8.68. The molecule has 1 aliphatic heterocycles. The molecule has 2 fully saturated rings. The second kappa shape index (κ2) is 7.15. The van der Waals surface area contributed by atoms with E-state index in [1.54, 1.807) is 0 Å². The summed E-state index contributed by atoms with van der Waals surface area (Å²) in [4.78, 5) is 0. The lowest BCUT2D eigenvalue weighted by Gasteiger charge is -2.21. The molecule has 1 heterocycles. The van der Waals surface area contributed by atoms with Gasteiger partial charge >= 0.3 is 0 Å². The highest BCUT2D eigenvalue weighted by Crippen LogP contribution is 2.18. The number of alkyl halides is 1. The highest BCUT2D eigenvalue weighted by atomic mass is 19.1. The van der Waals surface area contributed by atoms with E-state index in [4.69, 9.17) is 10.5 Å². The minimum Gasteiger partial charge on any atom is -0.379 e. The standard InChI is InChI=1S/C6H12FN.C4H9NO/c7-5-3-1-2-4-6(5)8;1-3-6-4-2-5-1/h5-6H,1-4,8H2;5H,1-4H2/t5-,6?;/m0./s1. The highest BCUT2D eigenvalue weighted by Gasteiger charge is 2.19. The molecule has 0 aromatic heterocycles. The van der Waals surface area contributed by atoms with E-state index in [1.165, 1.54) is 0 Å². The lowest BCUT2D eigenvalue weighted by atomic mass is 9.95. The molecule has 1 aliphatic carbocycles. The van der Waals surface area contributed by atoms with Crippen molar-refractivity contribution in [3.63, 3.8) is 0 Å². The van der Waals surface area contributed by atoms with E-state index in [9.17, 15) is 4.39 Å². The van der Waals surface area contributed by atoms with E-state index in [2.05, 4.69) is 5.32 Å². The van der Waals surface area contributed by atoms with E-state index in [-0.39, 0.29) is 6.04 Å². The zero-order chi connectivity index (χ0) is 10.2. The second-order valence-corrected chi connectivity index (χ2v) is 3.83. The molecule has 2 atom stereocenters. The summed E-state index contributed by atoms with van der Waals surface area (Å²) in [5.41, 5.74) is 5.40. The molecule has 0 aromatic carbocycles. The molecule has 14 heavy (non-hydrogen) atoms. The van der Waals surface area contributed by atoms with Crippen LogP contribution in [0.2, 0.25) is 0 Å². The van der Waals surface area contributed by atoms with Crippen LogP contribution in [-0.4, -0.2) is 38.5 Å². The molecule has 0 radical (unpaired) electrons. The van der Waals surface area contributed by atoms with Crippen LogP contribution in [0, 0.1) is 0 Å². The monoisotopic (exact) mass is 204 g/mol. The summed E-state index contributed by atoms with van der Waals surface area (Å²) in [6, 6.07) is -0.163. The van der Waals surface area contributed by atoms with Crippen LogP contribution in [-0.2, 0) is 4.74 Å². The summed E-state index contributed by atoms with van der Waals surface area (Å²) in [5.74, 6) is 0. The first kappa shape index (κ1) is 11.9. The van der Waals surface area contributed by atoms with Crippen molar-refractivity contribution >= 4 is 0 Å². The average Bonchev–Trinajstić information content (AvgIpc) is 2.26. The third-order valence-electron chi connectivity index (χ3n) is 2.58. The lowest BCUT2D eigenvalue weighted by Crippen LogP contribution is -2.34. The van der Waals surface area contributed by atoms with Gasteiger partial charge in [0.15, 0.2) is 0 Å². The number of halogens is 1. The van der Waals surface area contributed by atoms with Crippen LogP contribution in [0.5, 0.6) is 0 Å². The van der Waals surface area contributed by atoms with Crippen molar-refractivity contribution in [2.24, 2.45) is 5.73 Å². The van der Waals surface area contributed by atoms with Gasteiger partial charge in [0, 0.05) is 19.1 Å². The largest absolute Gasteiger partial charge is 0.379 e. The van der Waals surface area contributed by atoms with Crippen molar-refractivity contribution in [2.45, 2.75) is 37.9 Å². The van der Waals surface area contributed by atoms with E-state index in [0.29, 0.717) is 6.42 Å². The topological polar surface area (TPSA) is 47.3 Å². The Balaban J connectivity index is 0.000000146. The van der Waals surface area contributed by atoms with Crippen molar-refractivity contribution < 1.29 is 9.13 Å². The predicted octanol–water partition coefficient (Wildman–Crippen LogP) is 0.832.